The molecule has 1 amide bonds. The van der Waals surface area contributed by atoms with Gasteiger partial charge in [0.05, 0.1) is 12.6 Å². The van der Waals surface area contributed by atoms with E-state index in [-0.39, 0.29) is 36.5 Å². The van der Waals surface area contributed by atoms with Crippen molar-refractivity contribution in [3.05, 3.63) is 42.2 Å². The molecule has 0 spiro atoms. The van der Waals surface area contributed by atoms with Crippen molar-refractivity contribution in [2.75, 3.05) is 13.2 Å². The molecule has 1 aliphatic heterocycles. The monoisotopic (exact) mass is 385 g/mol. The van der Waals surface area contributed by atoms with E-state index < -0.39 is 6.04 Å². The molecule has 136 valence electrons. The van der Waals surface area contributed by atoms with Crippen molar-refractivity contribution in [3.8, 4) is 22.6 Å². The molecule has 1 aromatic heterocycles. The minimum absolute atomic E-state index is 0. The van der Waals surface area contributed by atoms with E-state index in [4.69, 9.17) is 10.5 Å². The molecule has 6 nitrogen and oxygen atoms in total. The van der Waals surface area contributed by atoms with Crippen molar-refractivity contribution in [1.29, 1.82) is 0 Å². The Morgan fingerprint density at radius 1 is 1.36 bits per heavy atom. The molecule has 0 aliphatic carbocycles. The van der Waals surface area contributed by atoms with E-state index in [0.29, 0.717) is 25.4 Å². The number of ether oxygens (including phenoxy) is 1. The first-order chi connectivity index (χ1) is 11.1. The van der Waals surface area contributed by atoms with Gasteiger partial charge in [-0.3, -0.25) is 9.78 Å². The molecule has 3 rings (SSSR count). The highest BCUT2D eigenvalue weighted by atomic mass is 35.5. The Morgan fingerprint density at radius 3 is 2.76 bits per heavy atom. The summed E-state index contributed by atoms with van der Waals surface area (Å²) < 4.78 is 5.63. The highest BCUT2D eigenvalue weighted by molar-refractivity contribution is 5.85. The first kappa shape index (κ1) is 21.0. The molecular weight excluding hydrogens is 365 g/mol. The summed E-state index contributed by atoms with van der Waals surface area (Å²) in [6, 6.07) is 6.75. The number of hydrogen-bond acceptors (Lipinski definition) is 5. The van der Waals surface area contributed by atoms with Crippen LogP contribution in [-0.2, 0) is 11.3 Å². The zero-order chi connectivity index (χ0) is 16.4. The second kappa shape index (κ2) is 8.89. The fourth-order valence-corrected chi connectivity index (χ4v) is 2.68. The average molecular weight is 386 g/mol. The Morgan fingerprint density at radius 2 is 2.12 bits per heavy atom. The van der Waals surface area contributed by atoms with E-state index in [2.05, 4.69) is 4.98 Å². The molecule has 8 heteroatoms. The van der Waals surface area contributed by atoms with Crippen LogP contribution in [0.2, 0.25) is 0 Å². The lowest BCUT2D eigenvalue weighted by atomic mass is 10.0. The number of hydrogen-bond donors (Lipinski definition) is 2. The molecule has 0 radical (unpaired) electrons. The molecule has 0 saturated carbocycles. The van der Waals surface area contributed by atoms with Crippen molar-refractivity contribution < 1.29 is 14.6 Å². The molecule has 1 aliphatic rings. The summed E-state index contributed by atoms with van der Waals surface area (Å²) >= 11 is 0. The molecule has 0 bridgehead atoms. The van der Waals surface area contributed by atoms with Gasteiger partial charge in [-0.2, -0.15) is 0 Å². The summed E-state index contributed by atoms with van der Waals surface area (Å²) in [6.07, 6.45) is 3.42. The van der Waals surface area contributed by atoms with Crippen molar-refractivity contribution >= 4 is 30.7 Å². The van der Waals surface area contributed by atoms with E-state index in [0.717, 1.165) is 16.7 Å². The van der Waals surface area contributed by atoms with Gasteiger partial charge in [0.15, 0.2) is 11.5 Å². The van der Waals surface area contributed by atoms with Crippen LogP contribution in [-0.4, -0.2) is 40.1 Å². The number of carbonyl (C=O) groups excluding carboxylic acids is 1. The van der Waals surface area contributed by atoms with Gasteiger partial charge in [0.1, 0.15) is 6.61 Å². The van der Waals surface area contributed by atoms with Crippen molar-refractivity contribution in [3.63, 3.8) is 0 Å². The summed E-state index contributed by atoms with van der Waals surface area (Å²) in [4.78, 5) is 17.9. The third kappa shape index (κ3) is 4.54. The van der Waals surface area contributed by atoms with Crippen LogP contribution in [0.3, 0.4) is 0 Å². The van der Waals surface area contributed by atoms with Crippen LogP contribution in [0.15, 0.2) is 36.7 Å². The largest absolute Gasteiger partial charge is 0.504 e. The number of phenolic OH excluding ortho intramolecular Hbond substituents is 1. The van der Waals surface area contributed by atoms with Gasteiger partial charge in [-0.05, 0) is 30.7 Å². The Balaban J connectivity index is 0.00000156. The number of phenols is 1. The number of amides is 1. The first-order valence-corrected chi connectivity index (χ1v) is 7.49. The SMILES string of the molecule is C[C@@H](N)C(=O)N1CCOc2c(O)cc(-c3cccnc3)cc2C1.Cl.Cl. The van der Waals surface area contributed by atoms with E-state index in [1.165, 1.54) is 0 Å². The van der Waals surface area contributed by atoms with Crippen molar-refractivity contribution in [2.24, 2.45) is 5.73 Å². The van der Waals surface area contributed by atoms with Gasteiger partial charge in [0.2, 0.25) is 5.91 Å². The Hall–Kier alpha value is -2.02. The second-order valence-corrected chi connectivity index (χ2v) is 5.62. The molecule has 3 N–H and O–H groups in total. The molecular formula is C17H21Cl2N3O3. The number of aromatic nitrogens is 1. The number of benzene rings is 1. The summed E-state index contributed by atoms with van der Waals surface area (Å²) in [6.45, 7) is 2.79. The fourth-order valence-electron chi connectivity index (χ4n) is 2.68. The summed E-state index contributed by atoms with van der Waals surface area (Å²) in [5.41, 5.74) is 8.17. The van der Waals surface area contributed by atoms with E-state index in [9.17, 15) is 9.90 Å². The number of aromatic hydroxyl groups is 1. The highest BCUT2D eigenvalue weighted by Gasteiger charge is 2.24. The molecule has 0 fully saturated rings. The Labute approximate surface area is 158 Å². The van der Waals surface area contributed by atoms with Crippen molar-refractivity contribution in [1.82, 2.24) is 9.88 Å². The lowest BCUT2D eigenvalue weighted by molar-refractivity contribution is -0.132. The molecule has 0 saturated heterocycles. The predicted molar refractivity (Wildman–Crippen MR) is 100 cm³/mol. The number of pyridine rings is 1. The highest BCUT2D eigenvalue weighted by Crippen LogP contribution is 2.37. The quantitative estimate of drug-likeness (QED) is 0.827. The van der Waals surface area contributed by atoms with Crippen molar-refractivity contribution in [2.45, 2.75) is 19.5 Å². The number of fused-ring (bicyclic) bond motifs is 1. The van der Waals surface area contributed by atoms with Crippen LogP contribution in [0.25, 0.3) is 11.1 Å². The number of nitrogens with two attached hydrogens (primary N) is 1. The first-order valence-electron chi connectivity index (χ1n) is 7.49. The third-order valence-electron chi connectivity index (χ3n) is 3.81. The standard InChI is InChI=1S/C17H19N3O3.2ClH/c1-11(18)17(22)20-5-6-23-16-14(10-20)7-13(8-15(16)21)12-3-2-4-19-9-12;;/h2-4,7-9,11,21H,5-6,10,18H2,1H3;2*1H/t11-;;/m1../s1. The minimum atomic E-state index is -0.563. The van der Waals surface area contributed by atoms with Crippen LogP contribution in [0.4, 0.5) is 0 Å². The van der Waals surface area contributed by atoms with Crippen LogP contribution in [0.1, 0.15) is 12.5 Å². The van der Waals surface area contributed by atoms with Crippen LogP contribution < -0.4 is 10.5 Å². The van der Waals surface area contributed by atoms with E-state index >= 15 is 0 Å². The van der Waals surface area contributed by atoms with E-state index in [1.807, 2.05) is 18.2 Å². The maximum absolute atomic E-state index is 12.2. The van der Waals surface area contributed by atoms with Crippen LogP contribution in [0, 0.1) is 0 Å². The number of rotatable bonds is 2. The average Bonchev–Trinajstić information content (AvgIpc) is 2.77. The zero-order valence-electron chi connectivity index (χ0n) is 13.7. The van der Waals surface area contributed by atoms with Gasteiger partial charge in [0, 0.05) is 30.1 Å². The summed E-state index contributed by atoms with van der Waals surface area (Å²) in [7, 11) is 0. The van der Waals surface area contributed by atoms with Gasteiger partial charge in [-0.25, -0.2) is 0 Å². The minimum Gasteiger partial charge on any atom is -0.504 e. The number of nitrogens with zero attached hydrogens (tertiary/aromatic N) is 2. The summed E-state index contributed by atoms with van der Waals surface area (Å²) in [5, 5.41) is 10.3. The Kier molecular flexibility index (Phi) is 7.48. The lowest BCUT2D eigenvalue weighted by Crippen LogP contribution is -2.42. The van der Waals surface area contributed by atoms with Crippen LogP contribution >= 0.6 is 24.8 Å². The number of carbonyl (C=O) groups is 1. The second-order valence-electron chi connectivity index (χ2n) is 5.62. The lowest BCUT2D eigenvalue weighted by Gasteiger charge is -2.22. The molecule has 0 unspecified atom stereocenters. The van der Waals surface area contributed by atoms with Gasteiger partial charge in [-0.15, -0.1) is 24.8 Å². The maximum atomic E-state index is 12.2. The molecule has 2 heterocycles. The van der Waals surface area contributed by atoms with Gasteiger partial charge < -0.3 is 20.5 Å². The third-order valence-corrected chi connectivity index (χ3v) is 3.81. The zero-order valence-corrected chi connectivity index (χ0v) is 15.3. The van der Waals surface area contributed by atoms with Gasteiger partial charge >= 0.3 is 0 Å². The number of halogens is 2. The van der Waals surface area contributed by atoms with Gasteiger partial charge in [0.25, 0.3) is 0 Å². The molecule has 1 atom stereocenters. The maximum Gasteiger partial charge on any atom is 0.239 e. The summed E-state index contributed by atoms with van der Waals surface area (Å²) in [5.74, 6) is 0.363. The molecule has 2 aromatic rings. The van der Waals surface area contributed by atoms with E-state index in [1.54, 1.807) is 30.3 Å². The predicted octanol–water partition coefficient (Wildman–Crippen LogP) is 2.37. The fraction of sp³-hybridized carbons (Fsp3) is 0.294. The Bertz CT molecular complexity index is 727. The van der Waals surface area contributed by atoms with Gasteiger partial charge in [-0.1, -0.05) is 6.07 Å². The normalized spacial score (nSPS) is 14.1. The smallest absolute Gasteiger partial charge is 0.239 e. The molecule has 25 heavy (non-hydrogen) atoms. The molecule has 1 aromatic carbocycles. The topological polar surface area (TPSA) is 88.7 Å². The van der Waals surface area contributed by atoms with Crippen LogP contribution in [0.5, 0.6) is 11.5 Å².